The second-order valence-electron chi connectivity index (χ2n) is 7.82. The average Bonchev–Trinajstić information content (AvgIpc) is 2.83. The van der Waals surface area contributed by atoms with Crippen molar-refractivity contribution in [2.45, 2.75) is 32.8 Å². The zero-order valence-electron chi connectivity index (χ0n) is 18.2. The molecule has 1 nitrogen and oxygen atoms in total. The first-order valence-corrected chi connectivity index (χ1v) is 10.9. The number of alkyl halides is 2. The molecule has 4 rings (SSSR count). The van der Waals surface area contributed by atoms with E-state index >= 15 is 4.39 Å². The Morgan fingerprint density at radius 3 is 2.24 bits per heavy atom. The third kappa shape index (κ3) is 5.56. The lowest BCUT2D eigenvalue weighted by Gasteiger charge is -2.07. The highest BCUT2D eigenvalue weighted by Gasteiger charge is 2.08. The molecule has 0 fully saturated rings. The largest absolute Gasteiger partial charge is 0.435 e. The van der Waals surface area contributed by atoms with E-state index in [2.05, 4.69) is 47.8 Å². The van der Waals surface area contributed by atoms with Crippen molar-refractivity contribution in [2.75, 3.05) is 0 Å². The van der Waals surface area contributed by atoms with Crippen LogP contribution in [0.5, 0.6) is 5.75 Å². The first-order valence-electron chi connectivity index (χ1n) is 10.9. The average molecular weight is 444 g/mol. The number of halogens is 3. The van der Waals surface area contributed by atoms with Crippen molar-refractivity contribution >= 4 is 10.8 Å². The smallest absolute Gasteiger partial charge is 0.387 e. The second kappa shape index (κ2) is 10.3. The number of ether oxygens (including phenoxy) is 1. The molecule has 0 saturated heterocycles. The maximum Gasteiger partial charge on any atom is 0.387 e. The number of benzene rings is 4. The van der Waals surface area contributed by atoms with Gasteiger partial charge in [0.2, 0.25) is 0 Å². The third-order valence-corrected chi connectivity index (χ3v) is 5.48. The quantitative estimate of drug-likeness (QED) is 0.274. The van der Waals surface area contributed by atoms with Gasteiger partial charge in [0.1, 0.15) is 11.6 Å². The molecule has 33 heavy (non-hydrogen) atoms. The summed E-state index contributed by atoms with van der Waals surface area (Å²) in [5, 5.41) is 1.31. The fraction of sp³-hybridized carbons (Fsp3) is 0.172. The van der Waals surface area contributed by atoms with E-state index in [1.165, 1.54) is 30.5 Å². The second-order valence-corrected chi connectivity index (χ2v) is 7.82. The zero-order chi connectivity index (χ0) is 23.2. The lowest BCUT2D eigenvalue weighted by atomic mass is 9.98. The highest BCUT2D eigenvalue weighted by atomic mass is 19.3. The van der Waals surface area contributed by atoms with Crippen molar-refractivity contribution in [3.05, 3.63) is 101 Å². The Morgan fingerprint density at radius 1 is 0.818 bits per heavy atom. The maximum atomic E-state index is 15.1. The lowest BCUT2D eigenvalue weighted by Crippen LogP contribution is -2.01. The summed E-state index contributed by atoms with van der Waals surface area (Å²) in [4.78, 5) is 0. The summed E-state index contributed by atoms with van der Waals surface area (Å²) in [5.74, 6) is 5.39. The van der Waals surface area contributed by atoms with Gasteiger partial charge in [0.05, 0.1) is 5.56 Å². The molecule has 0 radical (unpaired) electrons. The van der Waals surface area contributed by atoms with Crippen LogP contribution in [0, 0.1) is 17.7 Å². The molecule has 0 heterocycles. The number of unbranched alkanes of at least 4 members (excludes halogenated alkanes) is 1. The molecule has 0 aliphatic carbocycles. The van der Waals surface area contributed by atoms with Gasteiger partial charge in [-0.3, -0.25) is 0 Å². The van der Waals surface area contributed by atoms with Gasteiger partial charge in [0, 0.05) is 10.9 Å². The molecule has 0 atom stereocenters. The molecule has 0 saturated carbocycles. The molecule has 4 aromatic rings. The van der Waals surface area contributed by atoms with Gasteiger partial charge >= 0.3 is 6.61 Å². The predicted molar refractivity (Wildman–Crippen MR) is 127 cm³/mol. The minimum Gasteiger partial charge on any atom is -0.435 e. The Hall–Kier alpha value is -3.71. The number of fused-ring (bicyclic) bond motifs is 1. The van der Waals surface area contributed by atoms with Crippen molar-refractivity contribution in [3.63, 3.8) is 0 Å². The van der Waals surface area contributed by atoms with Crippen molar-refractivity contribution in [1.29, 1.82) is 0 Å². The highest BCUT2D eigenvalue weighted by Crippen LogP contribution is 2.28. The third-order valence-electron chi connectivity index (χ3n) is 5.48. The van der Waals surface area contributed by atoms with E-state index < -0.39 is 6.61 Å². The number of hydrogen-bond donors (Lipinski definition) is 0. The summed E-state index contributed by atoms with van der Waals surface area (Å²) in [7, 11) is 0. The van der Waals surface area contributed by atoms with Crippen LogP contribution in [-0.4, -0.2) is 6.61 Å². The molecule has 4 heteroatoms. The molecule has 0 unspecified atom stereocenters. The van der Waals surface area contributed by atoms with Gasteiger partial charge in [0.15, 0.2) is 0 Å². The molecule has 0 N–H and O–H groups in total. The minimum atomic E-state index is -2.88. The van der Waals surface area contributed by atoms with Crippen LogP contribution >= 0.6 is 0 Å². The topological polar surface area (TPSA) is 9.23 Å². The molecule has 0 aliphatic heterocycles. The summed E-state index contributed by atoms with van der Waals surface area (Å²) in [6, 6.07) is 23.7. The van der Waals surface area contributed by atoms with Crippen molar-refractivity contribution < 1.29 is 17.9 Å². The SMILES string of the molecule is CCCCc1ccc(-c2ccc3c(F)c(C#Cc4ccc(OC(F)F)cc4)ccc3c2)cc1. The van der Waals surface area contributed by atoms with Crippen molar-refractivity contribution in [1.82, 2.24) is 0 Å². The Balaban J connectivity index is 1.56. The van der Waals surface area contributed by atoms with Gasteiger partial charge in [-0.2, -0.15) is 8.78 Å². The molecular weight excluding hydrogens is 421 g/mol. The fourth-order valence-corrected chi connectivity index (χ4v) is 3.67. The number of aryl methyl sites for hydroxylation is 1. The summed E-state index contributed by atoms with van der Waals surface area (Å²) >= 11 is 0. The van der Waals surface area contributed by atoms with E-state index in [0.29, 0.717) is 10.9 Å². The molecule has 0 aromatic heterocycles. The van der Waals surface area contributed by atoms with E-state index in [4.69, 9.17) is 0 Å². The van der Waals surface area contributed by atoms with E-state index in [-0.39, 0.29) is 17.1 Å². The van der Waals surface area contributed by atoms with Crippen LogP contribution in [-0.2, 0) is 6.42 Å². The van der Waals surface area contributed by atoms with Crippen LogP contribution in [0.2, 0.25) is 0 Å². The van der Waals surface area contributed by atoms with E-state index in [9.17, 15) is 8.78 Å². The molecule has 4 aromatic carbocycles. The summed E-state index contributed by atoms with van der Waals surface area (Å²) in [6.45, 7) is -0.690. The number of hydrogen-bond acceptors (Lipinski definition) is 1. The monoisotopic (exact) mass is 444 g/mol. The van der Waals surface area contributed by atoms with Crippen LogP contribution in [0.25, 0.3) is 21.9 Å². The van der Waals surface area contributed by atoms with Gasteiger partial charge in [0.25, 0.3) is 0 Å². The first-order chi connectivity index (χ1) is 16.0. The molecule has 0 amide bonds. The summed E-state index contributed by atoms with van der Waals surface area (Å²) in [5.41, 5.74) is 4.32. The predicted octanol–water partition coefficient (Wildman–Crippen LogP) is 7.99. The van der Waals surface area contributed by atoms with E-state index in [1.54, 1.807) is 24.3 Å². The maximum absolute atomic E-state index is 15.1. The Bertz CT molecular complexity index is 1300. The molecular formula is C29H23F3O. The molecule has 0 spiro atoms. The Morgan fingerprint density at radius 2 is 1.55 bits per heavy atom. The molecule has 0 bridgehead atoms. The van der Waals surface area contributed by atoms with E-state index in [0.717, 1.165) is 22.9 Å². The fourth-order valence-electron chi connectivity index (χ4n) is 3.67. The Labute approximate surface area is 191 Å². The van der Waals surface area contributed by atoms with Crippen molar-refractivity contribution in [3.8, 4) is 28.7 Å². The van der Waals surface area contributed by atoms with Gasteiger partial charge in [-0.25, -0.2) is 4.39 Å². The van der Waals surface area contributed by atoms with Crippen LogP contribution in [0.1, 0.15) is 36.5 Å². The van der Waals surface area contributed by atoms with Crippen molar-refractivity contribution in [2.24, 2.45) is 0 Å². The molecule has 0 aliphatic rings. The zero-order valence-corrected chi connectivity index (χ0v) is 18.2. The van der Waals surface area contributed by atoms with Gasteiger partial charge in [-0.05, 0) is 71.3 Å². The highest BCUT2D eigenvalue weighted by molar-refractivity contribution is 5.89. The van der Waals surface area contributed by atoms with Crippen LogP contribution in [0.4, 0.5) is 13.2 Å². The molecule has 166 valence electrons. The minimum absolute atomic E-state index is 0.0545. The van der Waals surface area contributed by atoms with Crippen LogP contribution in [0.15, 0.2) is 78.9 Å². The lowest BCUT2D eigenvalue weighted by molar-refractivity contribution is -0.0498. The van der Waals surface area contributed by atoms with Crippen LogP contribution in [0.3, 0.4) is 0 Å². The standard InChI is InChI=1S/C29H23F3O/c1-2-3-4-20-5-10-22(11-6-20)24-15-18-27-25(19-24)14-13-23(28(27)30)12-7-21-8-16-26(17-9-21)33-29(31)32/h5-6,8-11,13-19,29H,2-4H2,1H3. The van der Waals surface area contributed by atoms with Gasteiger partial charge in [-0.1, -0.05) is 67.6 Å². The Kier molecular flexibility index (Phi) is 7.00. The van der Waals surface area contributed by atoms with E-state index in [1.807, 2.05) is 18.2 Å². The summed E-state index contributed by atoms with van der Waals surface area (Å²) in [6.07, 6.45) is 3.43. The first kappa shape index (κ1) is 22.5. The normalized spacial score (nSPS) is 10.8. The van der Waals surface area contributed by atoms with Crippen LogP contribution < -0.4 is 4.74 Å². The van der Waals surface area contributed by atoms with Gasteiger partial charge < -0.3 is 4.74 Å². The number of rotatable bonds is 6. The summed E-state index contributed by atoms with van der Waals surface area (Å²) < 4.78 is 43.9. The van der Waals surface area contributed by atoms with Gasteiger partial charge in [-0.15, -0.1) is 0 Å².